The van der Waals surface area contributed by atoms with E-state index in [1.54, 1.807) is 7.11 Å². The van der Waals surface area contributed by atoms with Crippen molar-refractivity contribution in [2.45, 2.75) is 46.1 Å². The molecule has 0 aliphatic heterocycles. The molecule has 1 atom stereocenters. The fraction of sp³-hybridized carbons (Fsp3) is 0.533. The predicted molar refractivity (Wildman–Crippen MR) is 73.9 cm³/mol. The molecule has 18 heavy (non-hydrogen) atoms. The summed E-state index contributed by atoms with van der Waals surface area (Å²) in [4.78, 5) is 11.7. The summed E-state index contributed by atoms with van der Waals surface area (Å²) in [6, 6.07) is 6.31. The zero-order chi connectivity index (χ0) is 13.5. The monoisotopic (exact) mass is 249 g/mol. The van der Waals surface area contributed by atoms with Crippen molar-refractivity contribution in [1.29, 1.82) is 0 Å². The van der Waals surface area contributed by atoms with Gasteiger partial charge in [0.15, 0.2) is 0 Å². The summed E-state index contributed by atoms with van der Waals surface area (Å²) in [5, 5.41) is 2.97. The highest BCUT2D eigenvalue weighted by molar-refractivity contribution is 5.76. The smallest absolute Gasteiger partial charge is 0.220 e. The van der Waals surface area contributed by atoms with Crippen molar-refractivity contribution in [1.82, 2.24) is 5.32 Å². The molecule has 0 aliphatic rings. The first-order valence-corrected chi connectivity index (χ1v) is 6.49. The summed E-state index contributed by atoms with van der Waals surface area (Å²) in [5.41, 5.74) is 2.28. The van der Waals surface area contributed by atoms with Crippen LogP contribution in [0.5, 0.6) is 5.75 Å². The average Bonchev–Trinajstić information content (AvgIpc) is 2.36. The normalized spacial score (nSPS) is 12.0. The average molecular weight is 249 g/mol. The number of carbonyl (C=O) groups excluding carboxylic acids is 1. The number of amides is 1. The molecule has 0 unspecified atom stereocenters. The van der Waals surface area contributed by atoms with Crippen molar-refractivity contribution in [3.8, 4) is 5.75 Å². The molecule has 0 fully saturated rings. The summed E-state index contributed by atoms with van der Waals surface area (Å²) in [6.07, 6.45) is 2.27. The van der Waals surface area contributed by atoms with E-state index in [0.717, 1.165) is 24.2 Å². The Balaban J connectivity index is 2.48. The van der Waals surface area contributed by atoms with Gasteiger partial charge in [0, 0.05) is 12.5 Å². The van der Waals surface area contributed by atoms with Crippen LogP contribution in [0.4, 0.5) is 0 Å². The molecule has 3 heteroatoms. The lowest BCUT2D eigenvalue weighted by Gasteiger charge is -2.11. The van der Waals surface area contributed by atoms with Gasteiger partial charge in [0.05, 0.1) is 7.11 Å². The second kappa shape index (κ2) is 7.04. The maximum atomic E-state index is 11.7. The quantitative estimate of drug-likeness (QED) is 0.842. The predicted octanol–water partition coefficient (Wildman–Crippen LogP) is 2.85. The molecule has 0 spiro atoms. The van der Waals surface area contributed by atoms with Gasteiger partial charge < -0.3 is 10.1 Å². The topological polar surface area (TPSA) is 38.3 Å². The highest BCUT2D eigenvalue weighted by atomic mass is 16.5. The molecule has 1 N–H and O–H groups in total. The molecular weight excluding hydrogens is 226 g/mol. The SMILES string of the molecule is CC[C@H](C)NC(=O)CCc1ccc(OC)c(C)c1. The first kappa shape index (κ1) is 14.6. The largest absolute Gasteiger partial charge is 0.496 e. The molecular formula is C15H23NO2. The highest BCUT2D eigenvalue weighted by Crippen LogP contribution is 2.19. The van der Waals surface area contributed by atoms with Crippen LogP contribution < -0.4 is 10.1 Å². The van der Waals surface area contributed by atoms with Gasteiger partial charge in [-0.1, -0.05) is 19.1 Å². The lowest BCUT2D eigenvalue weighted by Crippen LogP contribution is -2.32. The summed E-state index contributed by atoms with van der Waals surface area (Å²) in [7, 11) is 1.67. The molecule has 0 saturated carbocycles. The zero-order valence-corrected chi connectivity index (χ0v) is 11.7. The van der Waals surface area contributed by atoms with Crippen LogP contribution in [0.2, 0.25) is 0 Å². The number of rotatable bonds is 6. The van der Waals surface area contributed by atoms with Crippen LogP contribution in [0.3, 0.4) is 0 Å². The van der Waals surface area contributed by atoms with Crippen LogP contribution in [0.15, 0.2) is 18.2 Å². The van der Waals surface area contributed by atoms with Crippen LogP contribution in [0.1, 0.15) is 37.8 Å². The van der Waals surface area contributed by atoms with Crippen LogP contribution >= 0.6 is 0 Å². The van der Waals surface area contributed by atoms with Gasteiger partial charge in [-0.05, 0) is 43.9 Å². The van der Waals surface area contributed by atoms with Crippen molar-refractivity contribution >= 4 is 5.91 Å². The molecule has 1 aromatic carbocycles. The third-order valence-corrected chi connectivity index (χ3v) is 3.12. The molecule has 3 nitrogen and oxygen atoms in total. The first-order valence-electron chi connectivity index (χ1n) is 6.49. The Kier molecular flexibility index (Phi) is 5.69. The number of nitrogens with one attached hydrogen (secondary N) is 1. The summed E-state index contributed by atoms with van der Waals surface area (Å²) in [6.45, 7) is 6.11. The first-order chi connectivity index (χ1) is 8.56. The number of hydrogen-bond donors (Lipinski definition) is 1. The van der Waals surface area contributed by atoms with Gasteiger partial charge in [-0.25, -0.2) is 0 Å². The standard InChI is InChI=1S/C15H23NO2/c1-5-12(3)16-15(17)9-7-13-6-8-14(18-4)11(2)10-13/h6,8,10,12H,5,7,9H2,1-4H3,(H,16,17)/t12-/m0/s1. The fourth-order valence-corrected chi connectivity index (χ4v) is 1.80. The lowest BCUT2D eigenvalue weighted by atomic mass is 10.1. The van der Waals surface area contributed by atoms with Crippen LogP contribution in [-0.4, -0.2) is 19.1 Å². The maximum Gasteiger partial charge on any atom is 0.220 e. The van der Waals surface area contributed by atoms with Crippen LogP contribution in [0.25, 0.3) is 0 Å². The van der Waals surface area contributed by atoms with Gasteiger partial charge >= 0.3 is 0 Å². The number of aryl methyl sites for hydroxylation is 2. The Morgan fingerprint density at radius 2 is 2.17 bits per heavy atom. The Morgan fingerprint density at radius 1 is 1.44 bits per heavy atom. The van der Waals surface area contributed by atoms with Crippen LogP contribution in [-0.2, 0) is 11.2 Å². The zero-order valence-electron chi connectivity index (χ0n) is 11.7. The second-order valence-electron chi connectivity index (χ2n) is 4.68. The number of carbonyl (C=O) groups is 1. The van der Waals surface area contributed by atoms with Crippen molar-refractivity contribution in [2.75, 3.05) is 7.11 Å². The van der Waals surface area contributed by atoms with Crippen molar-refractivity contribution in [3.63, 3.8) is 0 Å². The Bertz CT molecular complexity index is 401. The van der Waals surface area contributed by atoms with E-state index < -0.39 is 0 Å². The summed E-state index contributed by atoms with van der Waals surface area (Å²) >= 11 is 0. The molecule has 100 valence electrons. The molecule has 0 aromatic heterocycles. The minimum Gasteiger partial charge on any atom is -0.496 e. The third-order valence-electron chi connectivity index (χ3n) is 3.12. The molecule has 0 radical (unpaired) electrons. The highest BCUT2D eigenvalue weighted by Gasteiger charge is 2.06. The van der Waals surface area contributed by atoms with E-state index >= 15 is 0 Å². The Hall–Kier alpha value is -1.51. The van der Waals surface area contributed by atoms with E-state index in [1.165, 1.54) is 5.56 Å². The van der Waals surface area contributed by atoms with Gasteiger partial charge in [-0.3, -0.25) is 4.79 Å². The third kappa shape index (κ3) is 4.40. The summed E-state index contributed by atoms with van der Waals surface area (Å²) < 4.78 is 5.21. The van der Waals surface area contributed by atoms with Crippen molar-refractivity contribution in [3.05, 3.63) is 29.3 Å². The van der Waals surface area contributed by atoms with E-state index in [0.29, 0.717) is 6.42 Å². The molecule has 1 amide bonds. The van der Waals surface area contributed by atoms with E-state index in [-0.39, 0.29) is 11.9 Å². The Morgan fingerprint density at radius 3 is 2.72 bits per heavy atom. The maximum absolute atomic E-state index is 11.7. The number of benzene rings is 1. The minimum absolute atomic E-state index is 0.123. The van der Waals surface area contributed by atoms with Gasteiger partial charge in [0.1, 0.15) is 5.75 Å². The van der Waals surface area contributed by atoms with Crippen LogP contribution in [0, 0.1) is 6.92 Å². The molecule has 0 aliphatic carbocycles. The van der Waals surface area contributed by atoms with E-state index in [2.05, 4.69) is 18.3 Å². The number of ether oxygens (including phenoxy) is 1. The van der Waals surface area contributed by atoms with E-state index in [9.17, 15) is 4.79 Å². The van der Waals surface area contributed by atoms with Gasteiger partial charge in [-0.2, -0.15) is 0 Å². The molecule has 1 rings (SSSR count). The lowest BCUT2D eigenvalue weighted by molar-refractivity contribution is -0.121. The second-order valence-corrected chi connectivity index (χ2v) is 4.68. The fourth-order valence-electron chi connectivity index (χ4n) is 1.80. The van der Waals surface area contributed by atoms with E-state index in [4.69, 9.17) is 4.74 Å². The van der Waals surface area contributed by atoms with Gasteiger partial charge in [-0.15, -0.1) is 0 Å². The molecule has 0 bridgehead atoms. The number of methoxy groups -OCH3 is 1. The summed E-state index contributed by atoms with van der Waals surface area (Å²) in [5.74, 6) is 1.01. The molecule has 1 aromatic rings. The number of hydrogen-bond acceptors (Lipinski definition) is 2. The van der Waals surface area contributed by atoms with Crippen molar-refractivity contribution in [2.24, 2.45) is 0 Å². The molecule has 0 saturated heterocycles. The van der Waals surface area contributed by atoms with Gasteiger partial charge in [0.2, 0.25) is 5.91 Å². The minimum atomic E-state index is 0.123. The van der Waals surface area contributed by atoms with Crippen molar-refractivity contribution < 1.29 is 9.53 Å². The van der Waals surface area contributed by atoms with E-state index in [1.807, 2.05) is 26.0 Å². The molecule has 0 heterocycles. The van der Waals surface area contributed by atoms with Gasteiger partial charge in [0.25, 0.3) is 0 Å². The Labute approximate surface area is 110 Å².